The zero-order chi connectivity index (χ0) is 15.1. The highest BCUT2D eigenvalue weighted by molar-refractivity contribution is 5.23. The molecule has 1 aliphatic rings. The summed E-state index contributed by atoms with van der Waals surface area (Å²) in [7, 11) is 1.79. The van der Waals surface area contributed by atoms with E-state index in [-0.39, 0.29) is 0 Å². The molecule has 0 heterocycles. The monoisotopic (exact) mass is 290 g/mol. The Hall–Kier alpha value is -0.900. The maximum atomic E-state index is 5.29. The molecule has 2 rings (SSSR count). The number of nitrogens with one attached hydrogen (secondary N) is 1. The van der Waals surface area contributed by atoms with E-state index in [2.05, 4.69) is 48.3 Å². The molecular formula is C18H30N2O. The second-order valence-electron chi connectivity index (χ2n) is 6.14. The molecule has 1 unspecified atom stereocenters. The molecule has 0 spiro atoms. The molecule has 1 N–H and O–H groups in total. The van der Waals surface area contributed by atoms with Gasteiger partial charge in [-0.05, 0) is 43.4 Å². The number of hydrogen-bond acceptors (Lipinski definition) is 3. The molecule has 0 bridgehead atoms. The predicted molar refractivity (Wildman–Crippen MR) is 88.3 cm³/mol. The summed E-state index contributed by atoms with van der Waals surface area (Å²) in [4.78, 5) is 2.58. The molecule has 3 heteroatoms. The van der Waals surface area contributed by atoms with Crippen molar-refractivity contribution in [1.29, 1.82) is 0 Å². The standard InChI is InChI=1S/C18H30N2O/c1-4-19-13-16-6-5-7-17(12-16)14-20(10-11-21-3)15(2)18-8-9-18/h5-7,12,15,18-19H,4,8-11,13-14H2,1-3H3. The summed E-state index contributed by atoms with van der Waals surface area (Å²) in [6.45, 7) is 9.35. The lowest BCUT2D eigenvalue weighted by molar-refractivity contribution is 0.111. The van der Waals surface area contributed by atoms with Gasteiger partial charge in [0.25, 0.3) is 0 Å². The Morgan fingerprint density at radius 2 is 2.10 bits per heavy atom. The molecule has 3 nitrogen and oxygen atoms in total. The third kappa shape index (κ3) is 5.42. The Labute approximate surface area is 129 Å². The molecule has 0 aliphatic heterocycles. The van der Waals surface area contributed by atoms with E-state index in [0.29, 0.717) is 6.04 Å². The number of benzene rings is 1. The van der Waals surface area contributed by atoms with Crippen LogP contribution in [0.4, 0.5) is 0 Å². The van der Waals surface area contributed by atoms with Gasteiger partial charge in [-0.3, -0.25) is 4.90 Å². The van der Waals surface area contributed by atoms with Crippen LogP contribution < -0.4 is 5.32 Å². The Balaban J connectivity index is 1.97. The Morgan fingerprint density at radius 1 is 1.33 bits per heavy atom. The molecule has 1 aliphatic carbocycles. The smallest absolute Gasteiger partial charge is 0.0589 e. The van der Waals surface area contributed by atoms with Gasteiger partial charge in [0, 0.05) is 32.8 Å². The van der Waals surface area contributed by atoms with Gasteiger partial charge < -0.3 is 10.1 Å². The van der Waals surface area contributed by atoms with Crippen LogP contribution in [-0.4, -0.2) is 37.7 Å². The Bertz CT molecular complexity index is 417. The average molecular weight is 290 g/mol. The zero-order valence-electron chi connectivity index (χ0n) is 13.8. The summed E-state index contributed by atoms with van der Waals surface area (Å²) in [5.41, 5.74) is 2.79. The molecule has 1 atom stereocenters. The van der Waals surface area contributed by atoms with Crippen LogP contribution in [0.15, 0.2) is 24.3 Å². The highest BCUT2D eigenvalue weighted by atomic mass is 16.5. The molecule has 1 saturated carbocycles. The summed E-state index contributed by atoms with van der Waals surface area (Å²) in [5, 5.41) is 3.40. The van der Waals surface area contributed by atoms with Gasteiger partial charge in [0.05, 0.1) is 6.61 Å². The summed E-state index contributed by atoms with van der Waals surface area (Å²) in [5.74, 6) is 0.895. The minimum absolute atomic E-state index is 0.664. The van der Waals surface area contributed by atoms with Crippen LogP contribution in [0.5, 0.6) is 0 Å². The quantitative estimate of drug-likeness (QED) is 0.717. The fraction of sp³-hybridized carbons (Fsp3) is 0.667. The lowest BCUT2D eigenvalue weighted by Gasteiger charge is -2.29. The van der Waals surface area contributed by atoms with E-state index in [0.717, 1.165) is 38.7 Å². The summed E-state index contributed by atoms with van der Waals surface area (Å²) in [6, 6.07) is 9.63. The van der Waals surface area contributed by atoms with Crippen LogP contribution in [0.1, 0.15) is 37.8 Å². The van der Waals surface area contributed by atoms with Crippen molar-refractivity contribution in [3.8, 4) is 0 Å². The van der Waals surface area contributed by atoms with Gasteiger partial charge in [-0.2, -0.15) is 0 Å². The highest BCUT2D eigenvalue weighted by Crippen LogP contribution is 2.35. The molecule has 21 heavy (non-hydrogen) atoms. The van der Waals surface area contributed by atoms with Crippen molar-refractivity contribution in [2.75, 3.05) is 26.8 Å². The second kappa shape index (κ2) is 8.52. The lowest BCUT2D eigenvalue weighted by Crippen LogP contribution is -2.36. The first kappa shape index (κ1) is 16.5. The first-order valence-electron chi connectivity index (χ1n) is 8.26. The van der Waals surface area contributed by atoms with Crippen molar-refractivity contribution >= 4 is 0 Å². The zero-order valence-corrected chi connectivity index (χ0v) is 13.8. The molecule has 0 radical (unpaired) electrons. The SMILES string of the molecule is CCNCc1cccc(CN(CCOC)C(C)C2CC2)c1. The minimum atomic E-state index is 0.664. The number of methoxy groups -OCH3 is 1. The van der Waals surface area contributed by atoms with E-state index in [1.165, 1.54) is 24.0 Å². The normalized spacial score (nSPS) is 16.4. The second-order valence-corrected chi connectivity index (χ2v) is 6.14. The van der Waals surface area contributed by atoms with Crippen LogP contribution in [0.2, 0.25) is 0 Å². The fourth-order valence-electron chi connectivity index (χ4n) is 2.85. The van der Waals surface area contributed by atoms with Gasteiger partial charge in [-0.1, -0.05) is 31.2 Å². The molecule has 118 valence electrons. The highest BCUT2D eigenvalue weighted by Gasteiger charge is 2.31. The van der Waals surface area contributed by atoms with E-state index in [1.54, 1.807) is 7.11 Å². The van der Waals surface area contributed by atoms with Crippen molar-refractivity contribution in [2.45, 2.75) is 45.8 Å². The van der Waals surface area contributed by atoms with E-state index in [4.69, 9.17) is 4.74 Å². The number of ether oxygens (including phenoxy) is 1. The van der Waals surface area contributed by atoms with Crippen LogP contribution in [0.3, 0.4) is 0 Å². The van der Waals surface area contributed by atoms with Crippen molar-refractivity contribution in [3.63, 3.8) is 0 Å². The van der Waals surface area contributed by atoms with Gasteiger partial charge in [0.15, 0.2) is 0 Å². The lowest BCUT2D eigenvalue weighted by atomic mass is 10.1. The third-order valence-corrected chi connectivity index (χ3v) is 4.42. The first-order chi connectivity index (χ1) is 10.2. The van der Waals surface area contributed by atoms with Gasteiger partial charge in [0.2, 0.25) is 0 Å². The maximum Gasteiger partial charge on any atom is 0.0589 e. The molecule has 1 fully saturated rings. The van der Waals surface area contributed by atoms with E-state index >= 15 is 0 Å². The van der Waals surface area contributed by atoms with Crippen molar-refractivity contribution in [2.24, 2.45) is 5.92 Å². The summed E-state index contributed by atoms with van der Waals surface area (Å²) < 4.78 is 5.29. The van der Waals surface area contributed by atoms with Crippen LogP contribution in [-0.2, 0) is 17.8 Å². The molecule has 0 saturated heterocycles. The molecule has 1 aromatic rings. The van der Waals surface area contributed by atoms with Crippen LogP contribution >= 0.6 is 0 Å². The van der Waals surface area contributed by atoms with Crippen molar-refractivity contribution < 1.29 is 4.74 Å². The molecule has 0 aromatic heterocycles. The number of hydrogen-bond donors (Lipinski definition) is 1. The molecule has 0 amide bonds. The van der Waals surface area contributed by atoms with E-state index in [1.807, 2.05) is 0 Å². The van der Waals surface area contributed by atoms with E-state index in [9.17, 15) is 0 Å². The fourth-order valence-corrected chi connectivity index (χ4v) is 2.85. The predicted octanol–water partition coefficient (Wildman–Crippen LogP) is 3.04. The van der Waals surface area contributed by atoms with Crippen molar-refractivity contribution in [3.05, 3.63) is 35.4 Å². The van der Waals surface area contributed by atoms with Gasteiger partial charge >= 0.3 is 0 Å². The Morgan fingerprint density at radius 3 is 2.76 bits per heavy atom. The first-order valence-corrected chi connectivity index (χ1v) is 8.26. The van der Waals surface area contributed by atoms with Gasteiger partial charge in [-0.25, -0.2) is 0 Å². The third-order valence-electron chi connectivity index (χ3n) is 4.42. The number of rotatable bonds is 10. The largest absolute Gasteiger partial charge is 0.383 e. The average Bonchev–Trinajstić information content (AvgIpc) is 3.34. The van der Waals surface area contributed by atoms with Gasteiger partial charge in [-0.15, -0.1) is 0 Å². The summed E-state index contributed by atoms with van der Waals surface area (Å²) >= 11 is 0. The Kier molecular flexibility index (Phi) is 6.68. The van der Waals surface area contributed by atoms with Crippen LogP contribution in [0, 0.1) is 5.92 Å². The maximum absolute atomic E-state index is 5.29. The topological polar surface area (TPSA) is 24.5 Å². The van der Waals surface area contributed by atoms with Crippen molar-refractivity contribution in [1.82, 2.24) is 10.2 Å². The van der Waals surface area contributed by atoms with E-state index < -0.39 is 0 Å². The van der Waals surface area contributed by atoms with Gasteiger partial charge in [0.1, 0.15) is 0 Å². The number of nitrogens with zero attached hydrogens (tertiary/aromatic N) is 1. The van der Waals surface area contributed by atoms with Crippen LogP contribution in [0.25, 0.3) is 0 Å². The minimum Gasteiger partial charge on any atom is -0.383 e. The molecule has 1 aromatic carbocycles. The molecular weight excluding hydrogens is 260 g/mol. The summed E-state index contributed by atoms with van der Waals surface area (Å²) in [6.07, 6.45) is 2.79.